The summed E-state index contributed by atoms with van der Waals surface area (Å²) >= 11 is 0. The smallest absolute Gasteiger partial charge is 0.236 e. The van der Waals surface area contributed by atoms with E-state index in [1.807, 2.05) is 25.8 Å². The van der Waals surface area contributed by atoms with Crippen molar-refractivity contribution in [3.05, 3.63) is 0 Å². The third kappa shape index (κ3) is 4.10. The molecule has 16 heavy (non-hydrogen) atoms. The number of hydrogen-bond donors (Lipinski definition) is 1. The van der Waals surface area contributed by atoms with Crippen LogP contribution in [-0.2, 0) is 4.79 Å². The van der Waals surface area contributed by atoms with Crippen LogP contribution >= 0.6 is 0 Å². The van der Waals surface area contributed by atoms with Gasteiger partial charge in [-0.25, -0.2) is 0 Å². The highest BCUT2D eigenvalue weighted by molar-refractivity contribution is 5.78. The lowest BCUT2D eigenvalue weighted by molar-refractivity contribution is -0.132. The molecule has 0 atom stereocenters. The molecule has 1 rings (SSSR count). The van der Waals surface area contributed by atoms with E-state index in [1.54, 1.807) is 0 Å². The SMILES string of the molecule is CC(C)N(C)C(=O)CN(CCCN)C1CC1. The molecule has 0 saturated heterocycles. The predicted octanol–water partition coefficient (Wildman–Crippen LogP) is 0.666. The Labute approximate surface area is 98.8 Å². The lowest BCUT2D eigenvalue weighted by atomic mass is 10.3. The summed E-state index contributed by atoms with van der Waals surface area (Å²) < 4.78 is 0. The molecule has 4 heteroatoms. The van der Waals surface area contributed by atoms with Crippen molar-refractivity contribution in [3.63, 3.8) is 0 Å². The molecule has 0 spiro atoms. The van der Waals surface area contributed by atoms with Crippen LogP contribution < -0.4 is 5.73 Å². The van der Waals surface area contributed by atoms with Gasteiger partial charge in [0.2, 0.25) is 5.91 Å². The normalized spacial score (nSPS) is 15.9. The summed E-state index contributed by atoms with van der Waals surface area (Å²) in [5.74, 6) is 0.221. The summed E-state index contributed by atoms with van der Waals surface area (Å²) in [6.07, 6.45) is 3.46. The van der Waals surface area contributed by atoms with Crippen molar-refractivity contribution in [3.8, 4) is 0 Å². The van der Waals surface area contributed by atoms with Crippen LogP contribution in [0.3, 0.4) is 0 Å². The Balaban J connectivity index is 2.38. The summed E-state index contributed by atoms with van der Waals surface area (Å²) in [4.78, 5) is 16.0. The van der Waals surface area contributed by atoms with E-state index >= 15 is 0 Å². The molecule has 1 amide bonds. The van der Waals surface area contributed by atoms with E-state index in [0.717, 1.165) is 13.0 Å². The molecule has 0 bridgehead atoms. The number of hydrogen-bond acceptors (Lipinski definition) is 3. The number of nitrogens with two attached hydrogens (primary N) is 1. The quantitative estimate of drug-likeness (QED) is 0.695. The maximum atomic E-state index is 11.9. The number of carbonyl (C=O) groups excluding carboxylic acids is 1. The molecule has 1 aliphatic rings. The number of rotatable bonds is 7. The van der Waals surface area contributed by atoms with Crippen molar-refractivity contribution in [1.29, 1.82) is 0 Å². The molecule has 94 valence electrons. The zero-order chi connectivity index (χ0) is 12.1. The van der Waals surface area contributed by atoms with E-state index in [1.165, 1.54) is 12.8 Å². The van der Waals surface area contributed by atoms with Gasteiger partial charge in [0.1, 0.15) is 0 Å². The fourth-order valence-electron chi connectivity index (χ4n) is 1.70. The van der Waals surface area contributed by atoms with Gasteiger partial charge in [0.25, 0.3) is 0 Å². The molecule has 0 radical (unpaired) electrons. The zero-order valence-corrected chi connectivity index (χ0v) is 10.8. The second-order valence-electron chi connectivity index (χ2n) is 4.94. The zero-order valence-electron chi connectivity index (χ0n) is 10.8. The van der Waals surface area contributed by atoms with Gasteiger partial charge in [0.05, 0.1) is 6.54 Å². The fraction of sp³-hybridized carbons (Fsp3) is 0.917. The van der Waals surface area contributed by atoms with E-state index in [0.29, 0.717) is 19.1 Å². The molecular weight excluding hydrogens is 202 g/mol. The maximum Gasteiger partial charge on any atom is 0.236 e. The summed E-state index contributed by atoms with van der Waals surface area (Å²) in [5.41, 5.74) is 5.51. The van der Waals surface area contributed by atoms with E-state index in [4.69, 9.17) is 5.73 Å². The number of nitrogens with zero attached hydrogens (tertiary/aromatic N) is 2. The Morgan fingerprint density at radius 2 is 2.06 bits per heavy atom. The van der Waals surface area contributed by atoms with Crippen molar-refractivity contribution in [2.75, 3.05) is 26.7 Å². The Kier molecular flexibility index (Phi) is 5.22. The molecule has 0 aromatic rings. The Morgan fingerprint density at radius 3 is 2.50 bits per heavy atom. The van der Waals surface area contributed by atoms with Crippen LogP contribution in [0.15, 0.2) is 0 Å². The molecule has 4 nitrogen and oxygen atoms in total. The van der Waals surface area contributed by atoms with Gasteiger partial charge in [-0.1, -0.05) is 0 Å². The first-order valence-corrected chi connectivity index (χ1v) is 6.26. The first-order valence-electron chi connectivity index (χ1n) is 6.26. The highest BCUT2D eigenvalue weighted by Crippen LogP contribution is 2.26. The molecule has 2 N–H and O–H groups in total. The van der Waals surface area contributed by atoms with Crippen molar-refractivity contribution in [2.45, 2.75) is 45.2 Å². The summed E-state index contributed by atoms with van der Waals surface area (Å²) in [5, 5.41) is 0. The number of amides is 1. The van der Waals surface area contributed by atoms with E-state index in [-0.39, 0.29) is 11.9 Å². The minimum absolute atomic E-state index is 0.221. The molecule has 1 saturated carbocycles. The lowest BCUT2D eigenvalue weighted by Gasteiger charge is -2.27. The van der Waals surface area contributed by atoms with E-state index < -0.39 is 0 Å². The summed E-state index contributed by atoms with van der Waals surface area (Å²) in [6, 6.07) is 0.916. The maximum absolute atomic E-state index is 11.9. The second-order valence-corrected chi connectivity index (χ2v) is 4.94. The van der Waals surface area contributed by atoms with Gasteiger partial charge in [0.15, 0.2) is 0 Å². The Hall–Kier alpha value is -0.610. The second kappa shape index (κ2) is 6.21. The van der Waals surface area contributed by atoms with Gasteiger partial charge in [-0.3, -0.25) is 9.69 Å². The average Bonchev–Trinajstić information content (AvgIpc) is 3.06. The van der Waals surface area contributed by atoms with Gasteiger partial charge in [-0.05, 0) is 39.7 Å². The standard InChI is InChI=1S/C12H25N3O/c1-10(2)14(3)12(16)9-15(8-4-7-13)11-5-6-11/h10-11H,4-9,13H2,1-3H3. The van der Waals surface area contributed by atoms with Gasteiger partial charge in [0, 0.05) is 25.7 Å². The summed E-state index contributed by atoms with van der Waals surface area (Å²) in [6.45, 7) is 6.30. The molecule has 1 fully saturated rings. The third-order valence-electron chi connectivity index (χ3n) is 3.22. The van der Waals surface area contributed by atoms with Crippen molar-refractivity contribution < 1.29 is 4.79 Å². The molecule has 0 aromatic carbocycles. The highest BCUT2D eigenvalue weighted by atomic mass is 16.2. The fourth-order valence-corrected chi connectivity index (χ4v) is 1.70. The van der Waals surface area contributed by atoms with Crippen LogP contribution in [0.1, 0.15) is 33.1 Å². The van der Waals surface area contributed by atoms with Crippen molar-refractivity contribution >= 4 is 5.91 Å². The number of carbonyl (C=O) groups is 1. The van der Waals surface area contributed by atoms with Crippen LogP contribution in [0.4, 0.5) is 0 Å². The minimum atomic E-state index is 0.221. The monoisotopic (exact) mass is 227 g/mol. The van der Waals surface area contributed by atoms with Crippen LogP contribution in [0, 0.1) is 0 Å². The minimum Gasteiger partial charge on any atom is -0.342 e. The van der Waals surface area contributed by atoms with E-state index in [2.05, 4.69) is 4.90 Å². The molecule has 1 aliphatic carbocycles. The Morgan fingerprint density at radius 1 is 1.44 bits per heavy atom. The molecule has 0 heterocycles. The van der Waals surface area contributed by atoms with Crippen molar-refractivity contribution in [1.82, 2.24) is 9.80 Å². The van der Waals surface area contributed by atoms with Crippen LogP contribution in [0.2, 0.25) is 0 Å². The van der Waals surface area contributed by atoms with Crippen LogP contribution in [-0.4, -0.2) is 54.5 Å². The van der Waals surface area contributed by atoms with Crippen molar-refractivity contribution in [2.24, 2.45) is 5.73 Å². The topological polar surface area (TPSA) is 49.6 Å². The van der Waals surface area contributed by atoms with E-state index in [9.17, 15) is 4.79 Å². The first kappa shape index (κ1) is 13.5. The lowest BCUT2D eigenvalue weighted by Crippen LogP contribution is -2.42. The third-order valence-corrected chi connectivity index (χ3v) is 3.22. The van der Waals surface area contributed by atoms with Gasteiger partial charge in [-0.15, -0.1) is 0 Å². The van der Waals surface area contributed by atoms with Crippen LogP contribution in [0.25, 0.3) is 0 Å². The van der Waals surface area contributed by atoms with Gasteiger partial charge < -0.3 is 10.6 Å². The molecular formula is C12H25N3O. The number of likely N-dealkylation sites (N-methyl/N-ethyl adjacent to an activating group) is 1. The van der Waals surface area contributed by atoms with Crippen LogP contribution in [0.5, 0.6) is 0 Å². The molecule has 0 unspecified atom stereocenters. The summed E-state index contributed by atoms with van der Waals surface area (Å²) in [7, 11) is 1.88. The van der Waals surface area contributed by atoms with Gasteiger partial charge in [-0.2, -0.15) is 0 Å². The Bertz CT molecular complexity index is 226. The first-order chi connectivity index (χ1) is 7.56. The predicted molar refractivity (Wildman–Crippen MR) is 66.2 cm³/mol. The average molecular weight is 227 g/mol. The molecule has 0 aliphatic heterocycles. The highest BCUT2D eigenvalue weighted by Gasteiger charge is 2.30. The molecule has 0 aromatic heterocycles. The largest absolute Gasteiger partial charge is 0.342 e. The van der Waals surface area contributed by atoms with Gasteiger partial charge >= 0.3 is 0 Å².